The van der Waals surface area contributed by atoms with E-state index in [1.165, 1.54) is 22.3 Å². The third-order valence-electron chi connectivity index (χ3n) is 3.66. The molecule has 1 aromatic carbocycles. The number of carbonyl (C=O) groups is 1. The molecule has 0 aliphatic carbocycles. The molecule has 1 amide bonds. The number of amides is 1. The molecule has 0 radical (unpaired) electrons. The smallest absolute Gasteiger partial charge is 0.224 e. The van der Waals surface area contributed by atoms with Crippen LogP contribution in [0.15, 0.2) is 12.1 Å². The summed E-state index contributed by atoms with van der Waals surface area (Å²) >= 11 is 0. The van der Waals surface area contributed by atoms with Crippen molar-refractivity contribution in [3.05, 3.63) is 34.4 Å². The second-order valence-corrected chi connectivity index (χ2v) is 4.97. The molecule has 1 atom stereocenters. The molecule has 0 aliphatic heterocycles. The first-order chi connectivity index (χ1) is 8.47. The van der Waals surface area contributed by atoms with Gasteiger partial charge >= 0.3 is 0 Å². The fraction of sp³-hybridized carbons (Fsp3) is 0.533. The predicted octanol–water partition coefficient (Wildman–Crippen LogP) is 1.87. The normalized spacial score (nSPS) is 12.3. The molecule has 1 rings (SSSR count). The molecule has 3 N–H and O–H groups in total. The van der Waals surface area contributed by atoms with E-state index in [0.29, 0.717) is 13.1 Å². The van der Waals surface area contributed by atoms with Gasteiger partial charge in [0.2, 0.25) is 5.91 Å². The van der Waals surface area contributed by atoms with Gasteiger partial charge in [-0.15, -0.1) is 0 Å². The molecule has 0 aliphatic rings. The van der Waals surface area contributed by atoms with Crippen LogP contribution >= 0.6 is 0 Å². The van der Waals surface area contributed by atoms with E-state index in [1.807, 2.05) is 6.92 Å². The Kier molecular flexibility index (Phi) is 5.35. The quantitative estimate of drug-likeness (QED) is 0.835. The predicted molar refractivity (Wildman–Crippen MR) is 75.6 cm³/mol. The molecule has 0 spiro atoms. The Balaban J connectivity index is 2.55. The largest absolute Gasteiger partial charge is 0.355 e. The first-order valence-corrected chi connectivity index (χ1v) is 6.50. The zero-order valence-electron chi connectivity index (χ0n) is 11.8. The highest BCUT2D eigenvalue weighted by Crippen LogP contribution is 2.17. The molecule has 0 saturated carbocycles. The monoisotopic (exact) mass is 248 g/mol. The van der Waals surface area contributed by atoms with Crippen LogP contribution in [-0.2, 0) is 11.2 Å². The van der Waals surface area contributed by atoms with Crippen LogP contribution < -0.4 is 11.1 Å². The van der Waals surface area contributed by atoms with Crippen molar-refractivity contribution < 1.29 is 4.79 Å². The van der Waals surface area contributed by atoms with Crippen molar-refractivity contribution in [2.24, 2.45) is 11.7 Å². The lowest BCUT2D eigenvalue weighted by atomic mass is 9.97. The second-order valence-electron chi connectivity index (χ2n) is 4.97. The highest BCUT2D eigenvalue weighted by Gasteiger charge is 2.10. The van der Waals surface area contributed by atoms with E-state index in [9.17, 15) is 4.79 Å². The summed E-state index contributed by atoms with van der Waals surface area (Å²) < 4.78 is 0. The number of aryl methyl sites for hydroxylation is 1. The van der Waals surface area contributed by atoms with E-state index in [2.05, 4.69) is 38.2 Å². The highest BCUT2D eigenvalue weighted by atomic mass is 16.1. The molecule has 3 nitrogen and oxygen atoms in total. The number of hydrogen-bond acceptors (Lipinski definition) is 2. The maximum Gasteiger partial charge on any atom is 0.224 e. The van der Waals surface area contributed by atoms with Gasteiger partial charge in [-0.1, -0.05) is 19.1 Å². The van der Waals surface area contributed by atoms with Crippen LogP contribution in [0.2, 0.25) is 0 Å². The van der Waals surface area contributed by atoms with Crippen molar-refractivity contribution in [3.8, 4) is 0 Å². The van der Waals surface area contributed by atoms with Gasteiger partial charge in [-0.25, -0.2) is 0 Å². The van der Waals surface area contributed by atoms with Crippen LogP contribution in [0.25, 0.3) is 0 Å². The zero-order chi connectivity index (χ0) is 13.7. The van der Waals surface area contributed by atoms with Gasteiger partial charge in [0.25, 0.3) is 0 Å². The maximum absolute atomic E-state index is 11.6. The van der Waals surface area contributed by atoms with Crippen LogP contribution in [0.1, 0.15) is 29.2 Å². The topological polar surface area (TPSA) is 55.1 Å². The van der Waals surface area contributed by atoms with Crippen molar-refractivity contribution >= 4 is 5.91 Å². The number of carbonyl (C=O) groups excluding carboxylic acids is 1. The second kappa shape index (κ2) is 6.55. The Morgan fingerprint density at radius 1 is 1.28 bits per heavy atom. The molecule has 100 valence electrons. The van der Waals surface area contributed by atoms with Gasteiger partial charge in [-0.05, 0) is 49.4 Å². The molecule has 1 unspecified atom stereocenters. The lowest BCUT2D eigenvalue weighted by molar-refractivity contribution is -0.124. The molecule has 1 aromatic rings. The Labute approximate surface area is 110 Å². The standard InChI is InChI=1S/C15H24N2O/c1-10-5-6-14(13(4)12(10)3)7-8-17-15(18)11(2)9-16/h5-6,11H,7-9,16H2,1-4H3,(H,17,18). The Morgan fingerprint density at radius 2 is 1.94 bits per heavy atom. The van der Waals surface area contributed by atoms with Gasteiger partial charge in [0.15, 0.2) is 0 Å². The fourth-order valence-corrected chi connectivity index (χ4v) is 1.88. The van der Waals surface area contributed by atoms with Crippen LogP contribution in [0.3, 0.4) is 0 Å². The molecule has 0 heterocycles. The third-order valence-corrected chi connectivity index (χ3v) is 3.66. The minimum Gasteiger partial charge on any atom is -0.355 e. The van der Waals surface area contributed by atoms with E-state index in [4.69, 9.17) is 5.73 Å². The molecule has 0 bridgehead atoms. The summed E-state index contributed by atoms with van der Waals surface area (Å²) in [5.74, 6) is -0.0650. The lowest BCUT2D eigenvalue weighted by Crippen LogP contribution is -2.34. The molecular formula is C15H24N2O. The summed E-state index contributed by atoms with van der Waals surface area (Å²) in [5, 5.41) is 2.92. The number of benzene rings is 1. The summed E-state index contributed by atoms with van der Waals surface area (Å²) in [5.41, 5.74) is 10.7. The van der Waals surface area contributed by atoms with Crippen molar-refractivity contribution in [1.82, 2.24) is 5.32 Å². The molecule has 0 fully saturated rings. The minimum atomic E-state index is -0.106. The molecular weight excluding hydrogens is 224 g/mol. The van der Waals surface area contributed by atoms with Gasteiger partial charge in [-0.3, -0.25) is 4.79 Å². The van der Waals surface area contributed by atoms with Gasteiger partial charge in [0.1, 0.15) is 0 Å². The number of rotatable bonds is 5. The number of hydrogen-bond donors (Lipinski definition) is 2. The first kappa shape index (κ1) is 14.7. The summed E-state index contributed by atoms with van der Waals surface area (Å²) in [6.45, 7) is 9.32. The van der Waals surface area contributed by atoms with Gasteiger partial charge < -0.3 is 11.1 Å². The van der Waals surface area contributed by atoms with E-state index in [-0.39, 0.29) is 11.8 Å². The van der Waals surface area contributed by atoms with Gasteiger partial charge in [0.05, 0.1) is 0 Å². The summed E-state index contributed by atoms with van der Waals surface area (Å²) in [4.78, 5) is 11.6. The summed E-state index contributed by atoms with van der Waals surface area (Å²) in [7, 11) is 0. The average Bonchev–Trinajstić information content (AvgIpc) is 2.37. The Bertz CT molecular complexity index is 427. The number of nitrogens with one attached hydrogen (secondary N) is 1. The number of nitrogens with two attached hydrogens (primary N) is 1. The lowest BCUT2D eigenvalue weighted by Gasteiger charge is -2.13. The molecule has 3 heteroatoms. The maximum atomic E-state index is 11.6. The van der Waals surface area contributed by atoms with Crippen LogP contribution in [0.5, 0.6) is 0 Å². The fourth-order valence-electron chi connectivity index (χ4n) is 1.88. The van der Waals surface area contributed by atoms with Crippen molar-refractivity contribution in [2.45, 2.75) is 34.1 Å². The Morgan fingerprint density at radius 3 is 2.56 bits per heavy atom. The van der Waals surface area contributed by atoms with Crippen LogP contribution in [-0.4, -0.2) is 19.0 Å². The highest BCUT2D eigenvalue weighted by molar-refractivity contribution is 5.78. The SMILES string of the molecule is Cc1ccc(CCNC(=O)C(C)CN)c(C)c1C. The summed E-state index contributed by atoms with van der Waals surface area (Å²) in [6.07, 6.45) is 0.871. The molecule has 0 aromatic heterocycles. The van der Waals surface area contributed by atoms with Crippen LogP contribution in [0, 0.1) is 26.7 Å². The van der Waals surface area contributed by atoms with E-state index < -0.39 is 0 Å². The van der Waals surface area contributed by atoms with Crippen molar-refractivity contribution in [2.75, 3.05) is 13.1 Å². The average molecular weight is 248 g/mol. The van der Waals surface area contributed by atoms with Gasteiger partial charge in [0, 0.05) is 19.0 Å². The Hall–Kier alpha value is -1.35. The minimum absolute atomic E-state index is 0.0407. The van der Waals surface area contributed by atoms with Crippen LogP contribution in [0.4, 0.5) is 0 Å². The van der Waals surface area contributed by atoms with Crippen molar-refractivity contribution in [1.29, 1.82) is 0 Å². The van der Waals surface area contributed by atoms with E-state index in [1.54, 1.807) is 0 Å². The zero-order valence-corrected chi connectivity index (χ0v) is 11.8. The van der Waals surface area contributed by atoms with E-state index >= 15 is 0 Å². The molecule has 18 heavy (non-hydrogen) atoms. The van der Waals surface area contributed by atoms with Gasteiger partial charge in [-0.2, -0.15) is 0 Å². The van der Waals surface area contributed by atoms with Crippen molar-refractivity contribution in [3.63, 3.8) is 0 Å². The third kappa shape index (κ3) is 3.57. The summed E-state index contributed by atoms with van der Waals surface area (Å²) in [6, 6.07) is 4.29. The molecule has 0 saturated heterocycles. The van der Waals surface area contributed by atoms with E-state index in [0.717, 1.165) is 6.42 Å². The first-order valence-electron chi connectivity index (χ1n) is 6.50.